The first-order chi connectivity index (χ1) is 10.7. The number of carbonyl (C=O) groups is 1. The van der Waals surface area contributed by atoms with Gasteiger partial charge in [0.15, 0.2) is 5.79 Å². The summed E-state index contributed by atoms with van der Waals surface area (Å²) >= 11 is 0. The van der Waals surface area contributed by atoms with Crippen molar-refractivity contribution >= 4 is 5.97 Å². The molecule has 1 unspecified atom stereocenters. The molecular formula is C17H23NO4. The number of esters is 1. The number of methoxy groups -OCH3 is 1. The second kappa shape index (κ2) is 6.77. The third kappa shape index (κ3) is 3.32. The van der Waals surface area contributed by atoms with E-state index in [4.69, 9.17) is 14.2 Å². The smallest absolute Gasteiger partial charge is 0.307 e. The molecule has 1 spiro atoms. The number of benzene rings is 1. The quantitative estimate of drug-likeness (QED) is 0.798. The van der Waals surface area contributed by atoms with Crippen LogP contribution in [0.25, 0.3) is 0 Å². The molecule has 0 saturated carbocycles. The van der Waals surface area contributed by atoms with Gasteiger partial charge in [0.05, 0.1) is 26.7 Å². The maximum atomic E-state index is 11.8. The predicted molar refractivity (Wildman–Crippen MR) is 81.3 cm³/mol. The highest BCUT2D eigenvalue weighted by Crippen LogP contribution is 2.35. The second-order valence-electron chi connectivity index (χ2n) is 5.85. The van der Waals surface area contributed by atoms with Crippen LogP contribution in [-0.4, -0.2) is 50.1 Å². The lowest BCUT2D eigenvalue weighted by atomic mass is 9.96. The van der Waals surface area contributed by atoms with Crippen LogP contribution in [0.15, 0.2) is 30.3 Å². The number of nitrogens with zero attached hydrogens (tertiary/aromatic N) is 1. The molecule has 1 atom stereocenters. The molecule has 2 saturated heterocycles. The number of hydrogen-bond donors (Lipinski definition) is 0. The van der Waals surface area contributed by atoms with E-state index in [0.717, 1.165) is 31.5 Å². The SMILES string of the molecule is COC(=O)CC(c1ccccc1)N1CCC2(CC1)OCCO2. The molecule has 1 aromatic rings. The van der Waals surface area contributed by atoms with Crippen LogP contribution in [-0.2, 0) is 19.0 Å². The van der Waals surface area contributed by atoms with Gasteiger partial charge in [-0.25, -0.2) is 0 Å². The van der Waals surface area contributed by atoms with Crippen molar-refractivity contribution in [3.63, 3.8) is 0 Å². The monoisotopic (exact) mass is 305 g/mol. The molecule has 0 amide bonds. The molecule has 5 heteroatoms. The van der Waals surface area contributed by atoms with E-state index in [1.165, 1.54) is 7.11 Å². The molecule has 120 valence electrons. The Balaban J connectivity index is 1.71. The summed E-state index contributed by atoms with van der Waals surface area (Å²) in [5.41, 5.74) is 1.15. The molecule has 2 fully saturated rings. The molecule has 5 nitrogen and oxygen atoms in total. The van der Waals surface area contributed by atoms with Crippen molar-refractivity contribution in [2.75, 3.05) is 33.4 Å². The van der Waals surface area contributed by atoms with Gasteiger partial charge in [0.25, 0.3) is 0 Å². The Morgan fingerprint density at radius 1 is 1.23 bits per heavy atom. The van der Waals surface area contributed by atoms with Crippen LogP contribution in [0.5, 0.6) is 0 Å². The van der Waals surface area contributed by atoms with E-state index in [1.807, 2.05) is 18.2 Å². The van der Waals surface area contributed by atoms with Gasteiger partial charge in [-0.1, -0.05) is 30.3 Å². The fraction of sp³-hybridized carbons (Fsp3) is 0.588. The summed E-state index contributed by atoms with van der Waals surface area (Å²) in [7, 11) is 1.44. The summed E-state index contributed by atoms with van der Waals surface area (Å²) in [6.45, 7) is 3.08. The Hall–Kier alpha value is -1.43. The first-order valence-electron chi connectivity index (χ1n) is 7.86. The van der Waals surface area contributed by atoms with Crippen LogP contribution in [0.2, 0.25) is 0 Å². The fourth-order valence-corrected chi connectivity index (χ4v) is 3.34. The summed E-state index contributed by atoms with van der Waals surface area (Å²) in [6, 6.07) is 10.2. The summed E-state index contributed by atoms with van der Waals surface area (Å²) in [6.07, 6.45) is 2.06. The topological polar surface area (TPSA) is 48.0 Å². The Kier molecular flexibility index (Phi) is 4.76. The average molecular weight is 305 g/mol. The molecule has 0 aliphatic carbocycles. The standard InChI is InChI=1S/C17H23NO4/c1-20-16(19)13-15(14-5-3-2-4-6-14)18-9-7-17(8-10-18)21-11-12-22-17/h2-6,15H,7-13H2,1H3. The molecular weight excluding hydrogens is 282 g/mol. The zero-order valence-corrected chi connectivity index (χ0v) is 13.0. The molecule has 2 heterocycles. The highest BCUT2D eigenvalue weighted by Gasteiger charge is 2.41. The van der Waals surface area contributed by atoms with E-state index in [0.29, 0.717) is 19.6 Å². The summed E-state index contributed by atoms with van der Waals surface area (Å²) in [4.78, 5) is 14.1. The number of rotatable bonds is 4. The van der Waals surface area contributed by atoms with Gasteiger partial charge < -0.3 is 14.2 Å². The number of likely N-dealkylation sites (tertiary alicyclic amines) is 1. The molecule has 22 heavy (non-hydrogen) atoms. The van der Waals surface area contributed by atoms with Crippen molar-refractivity contribution in [3.8, 4) is 0 Å². The molecule has 1 aromatic carbocycles. The van der Waals surface area contributed by atoms with E-state index in [2.05, 4.69) is 17.0 Å². The zero-order valence-electron chi connectivity index (χ0n) is 13.0. The van der Waals surface area contributed by atoms with Crippen LogP contribution in [0.3, 0.4) is 0 Å². The first kappa shape index (κ1) is 15.5. The van der Waals surface area contributed by atoms with Gasteiger partial charge >= 0.3 is 5.97 Å². The van der Waals surface area contributed by atoms with Gasteiger partial charge in [0.1, 0.15) is 0 Å². The number of hydrogen-bond acceptors (Lipinski definition) is 5. The summed E-state index contributed by atoms with van der Waals surface area (Å²) in [5, 5.41) is 0. The van der Waals surface area contributed by atoms with Crippen molar-refractivity contribution in [2.24, 2.45) is 0 Å². The number of piperidine rings is 1. The first-order valence-corrected chi connectivity index (χ1v) is 7.86. The minimum atomic E-state index is -0.386. The highest BCUT2D eigenvalue weighted by molar-refractivity contribution is 5.70. The third-order valence-corrected chi connectivity index (χ3v) is 4.59. The number of ether oxygens (including phenoxy) is 3. The lowest BCUT2D eigenvalue weighted by Crippen LogP contribution is -2.46. The van der Waals surface area contributed by atoms with E-state index < -0.39 is 0 Å². The number of carbonyl (C=O) groups excluding carboxylic acids is 1. The van der Waals surface area contributed by atoms with Crippen molar-refractivity contribution in [1.29, 1.82) is 0 Å². The van der Waals surface area contributed by atoms with Crippen LogP contribution in [0.4, 0.5) is 0 Å². The van der Waals surface area contributed by atoms with Gasteiger partial charge in [-0.15, -0.1) is 0 Å². The highest BCUT2D eigenvalue weighted by atomic mass is 16.7. The van der Waals surface area contributed by atoms with Crippen molar-refractivity contribution in [2.45, 2.75) is 31.1 Å². The zero-order chi connectivity index (χ0) is 15.4. The lowest BCUT2D eigenvalue weighted by molar-refractivity contribution is -0.188. The Bertz CT molecular complexity index is 489. The molecule has 0 N–H and O–H groups in total. The van der Waals surface area contributed by atoms with Gasteiger partial charge in [0, 0.05) is 32.0 Å². The molecule has 3 rings (SSSR count). The van der Waals surface area contributed by atoms with Gasteiger partial charge in [-0.05, 0) is 5.56 Å². The third-order valence-electron chi connectivity index (χ3n) is 4.59. The predicted octanol–water partition coefficient (Wildman–Crippen LogP) is 2.13. The largest absolute Gasteiger partial charge is 0.469 e. The van der Waals surface area contributed by atoms with Crippen molar-refractivity contribution < 1.29 is 19.0 Å². The van der Waals surface area contributed by atoms with Crippen LogP contribution >= 0.6 is 0 Å². The molecule has 0 bridgehead atoms. The van der Waals surface area contributed by atoms with E-state index in [9.17, 15) is 4.79 Å². The van der Waals surface area contributed by atoms with E-state index >= 15 is 0 Å². The van der Waals surface area contributed by atoms with Crippen LogP contribution in [0.1, 0.15) is 30.9 Å². The summed E-state index contributed by atoms with van der Waals surface area (Å²) in [5.74, 6) is -0.564. The summed E-state index contributed by atoms with van der Waals surface area (Å²) < 4.78 is 16.4. The van der Waals surface area contributed by atoms with Gasteiger partial charge in [0.2, 0.25) is 0 Å². The molecule has 0 aromatic heterocycles. The van der Waals surface area contributed by atoms with Gasteiger partial charge in [-0.2, -0.15) is 0 Å². The Labute approximate surface area is 131 Å². The van der Waals surface area contributed by atoms with Crippen LogP contribution in [0, 0.1) is 0 Å². The molecule has 2 aliphatic rings. The second-order valence-corrected chi connectivity index (χ2v) is 5.85. The lowest BCUT2D eigenvalue weighted by Gasteiger charge is -2.41. The maximum Gasteiger partial charge on any atom is 0.307 e. The molecule has 2 aliphatic heterocycles. The van der Waals surface area contributed by atoms with E-state index in [1.54, 1.807) is 0 Å². The van der Waals surface area contributed by atoms with Gasteiger partial charge in [-0.3, -0.25) is 9.69 Å². The Morgan fingerprint density at radius 2 is 1.86 bits per heavy atom. The molecule has 0 radical (unpaired) electrons. The van der Waals surface area contributed by atoms with E-state index in [-0.39, 0.29) is 17.8 Å². The minimum Gasteiger partial charge on any atom is -0.469 e. The minimum absolute atomic E-state index is 0.0485. The average Bonchev–Trinajstić information content (AvgIpc) is 3.02. The normalized spacial score (nSPS) is 22.6. The van der Waals surface area contributed by atoms with Crippen molar-refractivity contribution in [3.05, 3.63) is 35.9 Å². The maximum absolute atomic E-state index is 11.8. The van der Waals surface area contributed by atoms with Crippen LogP contribution < -0.4 is 0 Å². The Morgan fingerprint density at radius 3 is 2.45 bits per heavy atom. The fourth-order valence-electron chi connectivity index (χ4n) is 3.34. The van der Waals surface area contributed by atoms with Crippen molar-refractivity contribution in [1.82, 2.24) is 4.90 Å².